The predicted molar refractivity (Wildman–Crippen MR) is 105 cm³/mol. The maximum Gasteiger partial charge on any atom is 0.0602 e. The minimum Gasteiger partial charge on any atom is -0.340 e. The molecule has 3 heteroatoms. The summed E-state index contributed by atoms with van der Waals surface area (Å²) in [6, 6.07) is 16.0. The maximum atomic E-state index is 4.57. The molecule has 0 spiro atoms. The normalized spacial score (nSPS) is 10.6. The molecule has 3 rings (SSSR count). The average Bonchev–Trinajstić information content (AvgIpc) is 3.08. The van der Waals surface area contributed by atoms with Crippen LogP contribution < -0.4 is 0 Å². The third-order valence-electron chi connectivity index (χ3n) is 4.70. The smallest absolute Gasteiger partial charge is 0.0602 e. The molecule has 0 amide bonds. The Morgan fingerprint density at radius 3 is 2.46 bits per heavy atom. The molecule has 1 radical (unpaired) electrons. The van der Waals surface area contributed by atoms with Crippen LogP contribution in [-0.4, -0.2) is 9.55 Å². The van der Waals surface area contributed by atoms with Gasteiger partial charge in [-0.25, -0.2) is 0 Å². The molecular formula is C23H27IrN2-. The molecule has 2 aromatic carbocycles. The van der Waals surface area contributed by atoms with E-state index in [1.807, 2.05) is 30.6 Å². The number of hydrogen-bond acceptors (Lipinski definition) is 1. The Bertz CT molecular complexity index is 798. The van der Waals surface area contributed by atoms with Gasteiger partial charge in [0.25, 0.3) is 0 Å². The molecule has 0 bridgehead atoms. The summed E-state index contributed by atoms with van der Waals surface area (Å²) >= 11 is 0. The third-order valence-corrected chi connectivity index (χ3v) is 4.70. The Kier molecular flexibility index (Phi) is 7.81. The van der Waals surface area contributed by atoms with Gasteiger partial charge in [0.15, 0.2) is 0 Å². The van der Waals surface area contributed by atoms with Crippen molar-refractivity contribution >= 4 is 0 Å². The van der Waals surface area contributed by atoms with Crippen LogP contribution in [-0.2, 0) is 26.5 Å². The van der Waals surface area contributed by atoms with Crippen LogP contribution >= 0.6 is 0 Å². The largest absolute Gasteiger partial charge is 0.340 e. The van der Waals surface area contributed by atoms with Gasteiger partial charge in [-0.3, -0.25) is 4.98 Å². The molecule has 0 fully saturated rings. The molecule has 0 N–H and O–H groups in total. The minimum absolute atomic E-state index is 0. The molecule has 0 aliphatic carbocycles. The molecule has 26 heavy (non-hydrogen) atoms. The molecule has 2 nitrogen and oxygen atoms in total. The van der Waals surface area contributed by atoms with Crippen molar-refractivity contribution in [1.29, 1.82) is 0 Å². The number of rotatable bonds is 7. The van der Waals surface area contributed by atoms with Crippen LogP contribution in [0.1, 0.15) is 49.3 Å². The van der Waals surface area contributed by atoms with E-state index in [1.54, 1.807) is 0 Å². The van der Waals surface area contributed by atoms with Gasteiger partial charge >= 0.3 is 0 Å². The first-order valence-corrected chi connectivity index (χ1v) is 9.31. The number of benzene rings is 2. The van der Waals surface area contributed by atoms with Crippen LogP contribution in [0.25, 0.3) is 17.1 Å². The van der Waals surface area contributed by atoms with E-state index in [0.29, 0.717) is 0 Å². The fourth-order valence-corrected chi connectivity index (χ4v) is 3.54. The molecule has 0 saturated heterocycles. The van der Waals surface area contributed by atoms with Crippen molar-refractivity contribution in [2.45, 2.75) is 52.9 Å². The van der Waals surface area contributed by atoms with Crippen molar-refractivity contribution in [3.8, 4) is 17.1 Å². The number of aryl methyl sites for hydroxylation is 3. The van der Waals surface area contributed by atoms with Gasteiger partial charge in [-0.05, 0) is 43.4 Å². The van der Waals surface area contributed by atoms with E-state index in [0.717, 1.165) is 11.4 Å². The molecule has 0 atom stereocenters. The Morgan fingerprint density at radius 2 is 1.81 bits per heavy atom. The zero-order valence-electron chi connectivity index (χ0n) is 15.9. The summed E-state index contributed by atoms with van der Waals surface area (Å²) in [6.07, 6.45) is 10.3. The fraction of sp³-hybridized carbons (Fsp3) is 0.348. The van der Waals surface area contributed by atoms with E-state index in [2.05, 4.69) is 54.6 Å². The molecular weight excluding hydrogens is 496 g/mol. The molecule has 0 aliphatic heterocycles. The van der Waals surface area contributed by atoms with Crippen molar-refractivity contribution in [2.24, 2.45) is 0 Å². The second-order valence-electron chi connectivity index (χ2n) is 6.79. The van der Waals surface area contributed by atoms with Gasteiger partial charge in [0.2, 0.25) is 0 Å². The average molecular weight is 524 g/mol. The molecule has 0 saturated carbocycles. The van der Waals surface area contributed by atoms with Gasteiger partial charge in [-0.1, -0.05) is 38.3 Å². The monoisotopic (exact) mass is 524 g/mol. The van der Waals surface area contributed by atoms with E-state index >= 15 is 0 Å². The van der Waals surface area contributed by atoms with Crippen LogP contribution in [0.3, 0.4) is 0 Å². The van der Waals surface area contributed by atoms with Crippen molar-refractivity contribution < 1.29 is 20.1 Å². The van der Waals surface area contributed by atoms with Gasteiger partial charge in [0, 0.05) is 38.2 Å². The van der Waals surface area contributed by atoms with E-state index in [-0.39, 0.29) is 20.1 Å². The van der Waals surface area contributed by atoms with Gasteiger partial charge in [-0.15, -0.1) is 35.9 Å². The number of imidazole rings is 1. The van der Waals surface area contributed by atoms with Crippen molar-refractivity contribution in [2.75, 3.05) is 0 Å². The Labute approximate surface area is 171 Å². The standard InChI is InChI=1S/C23H27N2.Ir/c1-4-5-6-8-11-20-16-18(2)22(19(3)17-20)25-15-14-24-23(25)21-12-9-7-10-13-21;/h7,9-10,12,14-17H,4-6,8,11H2,1-3H3;/q-1;. The summed E-state index contributed by atoms with van der Waals surface area (Å²) in [5, 5.41) is 0. The van der Waals surface area contributed by atoms with Crippen LogP contribution in [0.4, 0.5) is 0 Å². The topological polar surface area (TPSA) is 17.8 Å². The summed E-state index contributed by atoms with van der Waals surface area (Å²) in [6.45, 7) is 6.67. The van der Waals surface area contributed by atoms with Crippen LogP contribution in [0.2, 0.25) is 0 Å². The summed E-state index contributed by atoms with van der Waals surface area (Å²) in [5.41, 5.74) is 6.32. The van der Waals surface area contributed by atoms with E-state index < -0.39 is 0 Å². The van der Waals surface area contributed by atoms with Crippen LogP contribution in [0, 0.1) is 19.9 Å². The minimum atomic E-state index is 0. The second kappa shape index (κ2) is 9.85. The predicted octanol–water partition coefficient (Wildman–Crippen LogP) is 6.08. The first-order chi connectivity index (χ1) is 12.2. The Balaban J connectivity index is 0.00000243. The first-order valence-electron chi connectivity index (χ1n) is 9.31. The number of hydrogen-bond donors (Lipinski definition) is 0. The summed E-state index contributed by atoms with van der Waals surface area (Å²) in [4.78, 5) is 4.57. The number of aromatic nitrogens is 2. The Morgan fingerprint density at radius 1 is 1.04 bits per heavy atom. The maximum absolute atomic E-state index is 4.57. The third kappa shape index (κ3) is 4.72. The summed E-state index contributed by atoms with van der Waals surface area (Å²) in [7, 11) is 0. The first kappa shape index (κ1) is 20.6. The molecule has 139 valence electrons. The molecule has 1 heterocycles. The van der Waals surface area contributed by atoms with E-state index in [9.17, 15) is 0 Å². The van der Waals surface area contributed by atoms with Crippen LogP contribution in [0.15, 0.2) is 48.8 Å². The van der Waals surface area contributed by atoms with Crippen LogP contribution in [0.5, 0.6) is 0 Å². The SMILES string of the molecule is CCCCCCc1cc(C)c(-n2ccnc2-c2[c-]cccc2)c(C)c1.[Ir]. The molecule has 3 aromatic rings. The molecule has 0 aliphatic rings. The fourth-order valence-electron chi connectivity index (χ4n) is 3.54. The Hall–Kier alpha value is -1.70. The number of nitrogens with zero attached hydrogens (tertiary/aromatic N) is 2. The van der Waals surface area contributed by atoms with Crippen molar-refractivity contribution in [3.63, 3.8) is 0 Å². The van der Waals surface area contributed by atoms with Gasteiger partial charge in [0.1, 0.15) is 0 Å². The van der Waals surface area contributed by atoms with Gasteiger partial charge < -0.3 is 4.57 Å². The number of unbranched alkanes of at least 4 members (excludes halogenated alkanes) is 3. The van der Waals surface area contributed by atoms with E-state index in [1.165, 1.54) is 54.5 Å². The zero-order chi connectivity index (χ0) is 17.6. The van der Waals surface area contributed by atoms with Crippen molar-refractivity contribution in [3.05, 3.63) is 71.5 Å². The quantitative estimate of drug-likeness (QED) is 0.271. The summed E-state index contributed by atoms with van der Waals surface area (Å²) in [5.74, 6) is 0.947. The van der Waals surface area contributed by atoms with Crippen molar-refractivity contribution in [1.82, 2.24) is 9.55 Å². The second-order valence-corrected chi connectivity index (χ2v) is 6.79. The zero-order valence-corrected chi connectivity index (χ0v) is 18.3. The molecule has 1 aromatic heterocycles. The van der Waals surface area contributed by atoms with Gasteiger partial charge in [-0.2, -0.15) is 0 Å². The molecule has 0 unspecified atom stereocenters. The summed E-state index contributed by atoms with van der Waals surface area (Å²) < 4.78 is 2.19. The van der Waals surface area contributed by atoms with Gasteiger partial charge in [0.05, 0.1) is 5.82 Å². The van der Waals surface area contributed by atoms with E-state index in [4.69, 9.17) is 0 Å².